The van der Waals surface area contributed by atoms with Crippen LogP contribution in [0.15, 0.2) is 36.4 Å². The monoisotopic (exact) mass is 302 g/mol. The standard InChI is InChI=1S/C16H18N2O2S/c1-3-13-8-9-14(21-13)10-17-15(19)16(20)18-12-6-4-11(2)5-7-12/h4-9H,3,10H2,1-2H3,(H,17,19)(H,18,20). The zero-order chi connectivity index (χ0) is 15.2. The Morgan fingerprint density at radius 2 is 1.67 bits per heavy atom. The van der Waals surface area contributed by atoms with E-state index < -0.39 is 11.8 Å². The van der Waals surface area contributed by atoms with E-state index in [2.05, 4.69) is 17.6 Å². The highest BCUT2D eigenvalue weighted by atomic mass is 32.1. The molecule has 2 N–H and O–H groups in total. The quantitative estimate of drug-likeness (QED) is 0.853. The lowest BCUT2D eigenvalue weighted by Crippen LogP contribution is -2.34. The normalized spacial score (nSPS) is 10.2. The third kappa shape index (κ3) is 4.43. The summed E-state index contributed by atoms with van der Waals surface area (Å²) in [7, 11) is 0. The van der Waals surface area contributed by atoms with E-state index in [1.807, 2.05) is 31.2 Å². The molecule has 0 atom stereocenters. The number of hydrogen-bond donors (Lipinski definition) is 2. The zero-order valence-corrected chi connectivity index (χ0v) is 12.9. The summed E-state index contributed by atoms with van der Waals surface area (Å²) in [4.78, 5) is 25.8. The lowest BCUT2D eigenvalue weighted by Gasteiger charge is -2.06. The molecule has 0 saturated heterocycles. The first-order chi connectivity index (χ1) is 10.1. The van der Waals surface area contributed by atoms with Crippen LogP contribution in [0.4, 0.5) is 5.69 Å². The van der Waals surface area contributed by atoms with Gasteiger partial charge in [0.2, 0.25) is 0 Å². The van der Waals surface area contributed by atoms with Crippen molar-refractivity contribution in [3.05, 3.63) is 51.7 Å². The lowest BCUT2D eigenvalue weighted by molar-refractivity contribution is -0.136. The number of anilines is 1. The van der Waals surface area contributed by atoms with Crippen LogP contribution in [0.2, 0.25) is 0 Å². The van der Waals surface area contributed by atoms with Crippen LogP contribution in [0, 0.1) is 6.92 Å². The molecule has 1 aromatic heterocycles. The summed E-state index contributed by atoms with van der Waals surface area (Å²) < 4.78 is 0. The van der Waals surface area contributed by atoms with E-state index in [0.717, 1.165) is 16.9 Å². The average Bonchev–Trinajstić information content (AvgIpc) is 2.95. The van der Waals surface area contributed by atoms with Crippen LogP contribution < -0.4 is 10.6 Å². The molecular weight excluding hydrogens is 284 g/mol. The van der Waals surface area contributed by atoms with Gasteiger partial charge in [0, 0.05) is 15.4 Å². The molecule has 4 nitrogen and oxygen atoms in total. The Hall–Kier alpha value is -2.14. The smallest absolute Gasteiger partial charge is 0.313 e. The first-order valence-corrected chi connectivity index (χ1v) is 7.63. The minimum absolute atomic E-state index is 0.380. The molecule has 0 aliphatic rings. The van der Waals surface area contributed by atoms with Gasteiger partial charge in [0.15, 0.2) is 0 Å². The molecule has 110 valence electrons. The van der Waals surface area contributed by atoms with Crippen molar-refractivity contribution in [2.24, 2.45) is 0 Å². The van der Waals surface area contributed by atoms with Gasteiger partial charge in [0.25, 0.3) is 0 Å². The Labute approximate surface area is 128 Å². The number of nitrogens with one attached hydrogen (secondary N) is 2. The Bertz CT molecular complexity index is 632. The van der Waals surface area contributed by atoms with E-state index >= 15 is 0 Å². The maximum Gasteiger partial charge on any atom is 0.313 e. The minimum Gasteiger partial charge on any atom is -0.343 e. The van der Waals surface area contributed by atoms with Crippen LogP contribution in [0.1, 0.15) is 22.2 Å². The van der Waals surface area contributed by atoms with Crippen LogP contribution >= 0.6 is 11.3 Å². The number of benzene rings is 1. The number of amides is 2. The molecule has 2 rings (SSSR count). The Morgan fingerprint density at radius 1 is 1.00 bits per heavy atom. The first-order valence-electron chi connectivity index (χ1n) is 6.82. The van der Waals surface area contributed by atoms with Gasteiger partial charge in [0.05, 0.1) is 6.54 Å². The van der Waals surface area contributed by atoms with E-state index in [1.54, 1.807) is 23.5 Å². The average molecular weight is 302 g/mol. The SMILES string of the molecule is CCc1ccc(CNC(=O)C(=O)Nc2ccc(C)cc2)s1. The summed E-state index contributed by atoms with van der Waals surface area (Å²) in [5.74, 6) is -1.27. The van der Waals surface area contributed by atoms with E-state index in [4.69, 9.17) is 0 Å². The van der Waals surface area contributed by atoms with E-state index in [0.29, 0.717) is 12.2 Å². The van der Waals surface area contributed by atoms with Gasteiger partial charge in [-0.1, -0.05) is 24.6 Å². The topological polar surface area (TPSA) is 58.2 Å². The molecule has 0 fully saturated rings. The molecule has 0 aliphatic heterocycles. The Kier molecular flexibility index (Phi) is 5.11. The van der Waals surface area contributed by atoms with Crippen molar-refractivity contribution >= 4 is 28.8 Å². The molecule has 2 aromatic rings. The summed E-state index contributed by atoms with van der Waals surface area (Å²) >= 11 is 1.65. The molecule has 1 heterocycles. The van der Waals surface area contributed by atoms with Gasteiger partial charge in [-0.25, -0.2) is 0 Å². The number of aryl methyl sites for hydroxylation is 2. The second-order valence-electron chi connectivity index (χ2n) is 4.72. The number of thiophene rings is 1. The highest BCUT2D eigenvalue weighted by Crippen LogP contribution is 2.16. The molecule has 0 bridgehead atoms. The summed E-state index contributed by atoms with van der Waals surface area (Å²) in [5, 5.41) is 5.20. The van der Waals surface area contributed by atoms with Crippen molar-refractivity contribution < 1.29 is 9.59 Å². The van der Waals surface area contributed by atoms with E-state index in [-0.39, 0.29) is 0 Å². The number of carbonyl (C=O) groups is 2. The number of hydrogen-bond acceptors (Lipinski definition) is 3. The molecule has 0 saturated carbocycles. The van der Waals surface area contributed by atoms with Crippen molar-refractivity contribution in [1.82, 2.24) is 5.32 Å². The van der Waals surface area contributed by atoms with E-state index in [9.17, 15) is 9.59 Å². The molecule has 0 aliphatic carbocycles. The molecule has 0 unspecified atom stereocenters. The maximum atomic E-state index is 11.8. The molecule has 0 spiro atoms. The fourth-order valence-electron chi connectivity index (χ4n) is 1.78. The molecular formula is C16H18N2O2S. The van der Waals surface area contributed by atoms with Crippen LogP contribution in [0.5, 0.6) is 0 Å². The third-order valence-electron chi connectivity index (χ3n) is 3.00. The predicted molar refractivity (Wildman–Crippen MR) is 85.4 cm³/mol. The second-order valence-corrected chi connectivity index (χ2v) is 5.98. The van der Waals surface area contributed by atoms with Crippen molar-refractivity contribution in [2.45, 2.75) is 26.8 Å². The van der Waals surface area contributed by atoms with Crippen molar-refractivity contribution in [1.29, 1.82) is 0 Å². The summed E-state index contributed by atoms with van der Waals surface area (Å²) in [6.45, 7) is 4.43. The van der Waals surface area contributed by atoms with Gasteiger partial charge in [-0.15, -0.1) is 11.3 Å². The predicted octanol–water partition coefficient (Wildman–Crippen LogP) is 2.87. The number of carbonyl (C=O) groups excluding carboxylic acids is 2. The van der Waals surface area contributed by atoms with Gasteiger partial charge in [-0.05, 0) is 37.6 Å². The van der Waals surface area contributed by atoms with E-state index in [1.165, 1.54) is 4.88 Å². The maximum absolute atomic E-state index is 11.8. The summed E-state index contributed by atoms with van der Waals surface area (Å²) in [6.07, 6.45) is 0.979. The fraction of sp³-hybridized carbons (Fsp3) is 0.250. The fourth-order valence-corrected chi connectivity index (χ4v) is 2.68. The molecule has 0 radical (unpaired) electrons. The second kappa shape index (κ2) is 7.04. The van der Waals surface area contributed by atoms with Gasteiger partial charge < -0.3 is 10.6 Å². The van der Waals surface area contributed by atoms with Crippen LogP contribution in [0.3, 0.4) is 0 Å². The van der Waals surface area contributed by atoms with Crippen molar-refractivity contribution in [3.63, 3.8) is 0 Å². The summed E-state index contributed by atoms with van der Waals surface area (Å²) in [6, 6.07) is 11.3. The van der Waals surface area contributed by atoms with Crippen molar-refractivity contribution in [3.8, 4) is 0 Å². The number of rotatable bonds is 4. The molecule has 21 heavy (non-hydrogen) atoms. The minimum atomic E-state index is -0.647. The highest BCUT2D eigenvalue weighted by Gasteiger charge is 2.13. The van der Waals surface area contributed by atoms with Gasteiger partial charge in [-0.2, -0.15) is 0 Å². The Morgan fingerprint density at radius 3 is 2.29 bits per heavy atom. The van der Waals surface area contributed by atoms with Crippen LogP contribution in [0.25, 0.3) is 0 Å². The Balaban J connectivity index is 1.84. The highest BCUT2D eigenvalue weighted by molar-refractivity contribution is 7.11. The lowest BCUT2D eigenvalue weighted by atomic mass is 10.2. The largest absolute Gasteiger partial charge is 0.343 e. The first kappa shape index (κ1) is 15.3. The van der Waals surface area contributed by atoms with Gasteiger partial charge >= 0.3 is 11.8 Å². The zero-order valence-electron chi connectivity index (χ0n) is 12.1. The van der Waals surface area contributed by atoms with Gasteiger partial charge in [-0.3, -0.25) is 9.59 Å². The van der Waals surface area contributed by atoms with Crippen molar-refractivity contribution in [2.75, 3.05) is 5.32 Å². The molecule has 5 heteroatoms. The van der Waals surface area contributed by atoms with Crippen LogP contribution in [-0.4, -0.2) is 11.8 Å². The van der Waals surface area contributed by atoms with Crippen LogP contribution in [-0.2, 0) is 22.6 Å². The molecule has 2 amide bonds. The molecule has 1 aromatic carbocycles. The van der Waals surface area contributed by atoms with Gasteiger partial charge in [0.1, 0.15) is 0 Å². The third-order valence-corrected chi connectivity index (χ3v) is 4.23. The summed E-state index contributed by atoms with van der Waals surface area (Å²) in [5.41, 5.74) is 1.71.